The zero-order valence-corrected chi connectivity index (χ0v) is 10.0. The molecule has 0 aliphatic carbocycles. The maximum Gasteiger partial charge on any atom is 0.508 e. The molecule has 0 saturated heterocycles. The van der Waals surface area contributed by atoms with Crippen LogP contribution in [0.1, 0.15) is 12.5 Å². The molecular weight excluding hydrogens is 236 g/mol. The average Bonchev–Trinajstić information content (AvgIpc) is 2.82. The fourth-order valence-electron chi connectivity index (χ4n) is 1.48. The average molecular weight is 250 g/mol. The van der Waals surface area contributed by atoms with Crippen LogP contribution in [-0.4, -0.2) is 26.2 Å². The van der Waals surface area contributed by atoms with Gasteiger partial charge in [0.25, 0.3) is 0 Å². The summed E-state index contributed by atoms with van der Waals surface area (Å²) in [4.78, 5) is 10.9. The molecule has 18 heavy (non-hydrogen) atoms. The van der Waals surface area contributed by atoms with Crippen LogP contribution in [0.15, 0.2) is 24.3 Å². The monoisotopic (exact) mass is 250 g/mol. The Bertz CT molecular complexity index is 453. The number of ether oxygens (including phenoxy) is 4. The molecule has 0 fully saturated rings. The lowest BCUT2D eigenvalue weighted by atomic mass is 10.2. The molecule has 0 unspecified atom stereocenters. The largest absolute Gasteiger partial charge is 0.508 e. The van der Waals surface area contributed by atoms with Crippen molar-refractivity contribution in [1.29, 1.82) is 0 Å². The third-order valence-corrected chi connectivity index (χ3v) is 2.27. The molecule has 2 rings (SSSR count). The summed E-state index contributed by atoms with van der Waals surface area (Å²) in [6, 6.07) is 5.60. The lowest BCUT2D eigenvalue weighted by Gasteiger charge is -2.01. The second-order valence-corrected chi connectivity index (χ2v) is 3.51. The molecule has 1 heterocycles. The molecule has 0 amide bonds. The van der Waals surface area contributed by atoms with Gasteiger partial charge in [-0.3, -0.25) is 0 Å². The molecule has 96 valence electrons. The normalized spacial score (nSPS) is 12.7. The van der Waals surface area contributed by atoms with Crippen molar-refractivity contribution >= 4 is 12.2 Å². The topological polar surface area (TPSA) is 54.0 Å². The van der Waals surface area contributed by atoms with Crippen molar-refractivity contribution in [3.8, 4) is 11.5 Å². The highest BCUT2D eigenvalue weighted by atomic mass is 16.7. The van der Waals surface area contributed by atoms with E-state index >= 15 is 0 Å². The van der Waals surface area contributed by atoms with E-state index in [-0.39, 0.29) is 13.4 Å². The predicted octanol–water partition coefficient (Wildman–Crippen LogP) is 2.60. The Kier molecular flexibility index (Phi) is 4.06. The number of fused-ring (bicyclic) bond motifs is 1. The van der Waals surface area contributed by atoms with Crippen molar-refractivity contribution in [3.05, 3.63) is 29.8 Å². The highest BCUT2D eigenvalue weighted by Gasteiger charge is 2.11. The van der Waals surface area contributed by atoms with Gasteiger partial charge in [0.15, 0.2) is 11.5 Å². The fourth-order valence-corrected chi connectivity index (χ4v) is 1.48. The van der Waals surface area contributed by atoms with Crippen LogP contribution in [-0.2, 0) is 9.47 Å². The summed E-state index contributed by atoms with van der Waals surface area (Å²) >= 11 is 0. The molecule has 0 spiro atoms. The van der Waals surface area contributed by atoms with E-state index in [1.54, 1.807) is 13.0 Å². The molecule has 5 nitrogen and oxygen atoms in total. The Morgan fingerprint density at radius 3 is 3.00 bits per heavy atom. The van der Waals surface area contributed by atoms with Crippen LogP contribution < -0.4 is 9.47 Å². The maximum absolute atomic E-state index is 10.9. The minimum atomic E-state index is -0.659. The molecule has 0 saturated carbocycles. The third-order valence-electron chi connectivity index (χ3n) is 2.27. The highest BCUT2D eigenvalue weighted by molar-refractivity contribution is 5.60. The Labute approximate surface area is 105 Å². The molecule has 0 N–H and O–H groups in total. The zero-order valence-electron chi connectivity index (χ0n) is 10.0. The lowest BCUT2D eigenvalue weighted by Crippen LogP contribution is -2.06. The first kappa shape index (κ1) is 12.3. The Morgan fingerprint density at radius 2 is 2.17 bits per heavy atom. The zero-order chi connectivity index (χ0) is 12.8. The van der Waals surface area contributed by atoms with E-state index in [0.29, 0.717) is 6.61 Å². The van der Waals surface area contributed by atoms with Gasteiger partial charge in [-0.05, 0) is 30.7 Å². The minimum absolute atomic E-state index is 0.174. The smallest absolute Gasteiger partial charge is 0.454 e. The van der Waals surface area contributed by atoms with E-state index in [1.807, 2.05) is 24.3 Å². The van der Waals surface area contributed by atoms with Gasteiger partial charge in [-0.25, -0.2) is 4.79 Å². The number of rotatable bonds is 4. The van der Waals surface area contributed by atoms with E-state index < -0.39 is 6.16 Å². The van der Waals surface area contributed by atoms with Crippen molar-refractivity contribution in [3.63, 3.8) is 0 Å². The van der Waals surface area contributed by atoms with Crippen molar-refractivity contribution in [1.82, 2.24) is 0 Å². The summed E-state index contributed by atoms with van der Waals surface area (Å²) in [6.45, 7) is 2.47. The Hall–Kier alpha value is -2.17. The molecular formula is C13H14O5. The molecule has 1 aliphatic rings. The molecule has 1 aromatic carbocycles. The van der Waals surface area contributed by atoms with Crippen LogP contribution in [0.3, 0.4) is 0 Å². The van der Waals surface area contributed by atoms with Gasteiger partial charge in [0.1, 0.15) is 6.61 Å². The van der Waals surface area contributed by atoms with Crippen LogP contribution >= 0.6 is 0 Å². The summed E-state index contributed by atoms with van der Waals surface area (Å²) in [5, 5.41) is 0. The van der Waals surface area contributed by atoms with Crippen LogP contribution in [0, 0.1) is 0 Å². The fraction of sp³-hybridized carbons (Fsp3) is 0.308. The Balaban J connectivity index is 1.84. The van der Waals surface area contributed by atoms with E-state index in [2.05, 4.69) is 4.74 Å². The second-order valence-electron chi connectivity index (χ2n) is 3.51. The van der Waals surface area contributed by atoms with E-state index in [9.17, 15) is 4.79 Å². The number of carbonyl (C=O) groups excluding carboxylic acids is 1. The van der Waals surface area contributed by atoms with Gasteiger partial charge in [-0.2, -0.15) is 0 Å². The molecule has 5 heteroatoms. The van der Waals surface area contributed by atoms with Gasteiger partial charge in [-0.1, -0.05) is 12.1 Å². The van der Waals surface area contributed by atoms with Crippen molar-refractivity contribution in [2.45, 2.75) is 6.92 Å². The van der Waals surface area contributed by atoms with Crippen LogP contribution in [0.4, 0.5) is 4.79 Å². The maximum atomic E-state index is 10.9. The summed E-state index contributed by atoms with van der Waals surface area (Å²) in [7, 11) is 0. The van der Waals surface area contributed by atoms with Crippen molar-refractivity contribution in [2.75, 3.05) is 20.0 Å². The van der Waals surface area contributed by atoms with E-state index in [1.165, 1.54) is 0 Å². The summed E-state index contributed by atoms with van der Waals surface area (Å²) in [6.07, 6.45) is 2.91. The van der Waals surface area contributed by atoms with Crippen LogP contribution in [0.5, 0.6) is 11.5 Å². The highest BCUT2D eigenvalue weighted by Crippen LogP contribution is 2.32. The van der Waals surface area contributed by atoms with Crippen LogP contribution in [0.25, 0.3) is 6.08 Å². The summed E-state index contributed by atoms with van der Waals surface area (Å²) in [5.74, 6) is 1.47. The quantitative estimate of drug-likeness (QED) is 0.769. The van der Waals surface area contributed by atoms with Crippen molar-refractivity contribution < 1.29 is 23.7 Å². The first-order valence-electron chi connectivity index (χ1n) is 5.65. The third kappa shape index (κ3) is 3.16. The van der Waals surface area contributed by atoms with Gasteiger partial charge < -0.3 is 18.9 Å². The number of carbonyl (C=O) groups is 1. The second kappa shape index (κ2) is 5.95. The van der Waals surface area contributed by atoms with Gasteiger partial charge in [0.05, 0.1) is 6.61 Å². The molecule has 0 bridgehead atoms. The van der Waals surface area contributed by atoms with Gasteiger partial charge in [0.2, 0.25) is 6.79 Å². The number of hydrogen-bond donors (Lipinski definition) is 0. The molecule has 0 aromatic heterocycles. The first-order valence-corrected chi connectivity index (χ1v) is 5.65. The van der Waals surface area contributed by atoms with E-state index in [0.717, 1.165) is 17.1 Å². The predicted molar refractivity (Wildman–Crippen MR) is 64.6 cm³/mol. The standard InChI is InChI=1S/C13H14O5/c1-2-15-13(14)16-7-3-4-10-5-6-11-12(8-10)18-9-17-11/h3-6,8H,2,7,9H2,1H3/b4-3+. The summed E-state index contributed by atoms with van der Waals surface area (Å²) in [5.41, 5.74) is 0.951. The SMILES string of the molecule is CCOC(=O)OC/C=C/c1ccc2c(c1)OCO2. The van der Waals surface area contributed by atoms with Gasteiger partial charge >= 0.3 is 6.16 Å². The molecule has 1 aromatic rings. The van der Waals surface area contributed by atoms with Gasteiger partial charge in [-0.15, -0.1) is 0 Å². The minimum Gasteiger partial charge on any atom is -0.454 e. The summed E-state index contributed by atoms with van der Waals surface area (Å²) < 4.78 is 19.9. The van der Waals surface area contributed by atoms with Crippen LogP contribution in [0.2, 0.25) is 0 Å². The molecule has 0 atom stereocenters. The van der Waals surface area contributed by atoms with E-state index in [4.69, 9.17) is 14.2 Å². The molecule has 0 radical (unpaired) electrons. The lowest BCUT2D eigenvalue weighted by molar-refractivity contribution is 0.0674. The number of hydrogen-bond acceptors (Lipinski definition) is 5. The molecule has 1 aliphatic heterocycles. The number of benzene rings is 1. The van der Waals surface area contributed by atoms with Gasteiger partial charge in [0, 0.05) is 0 Å². The van der Waals surface area contributed by atoms with Crippen molar-refractivity contribution in [2.24, 2.45) is 0 Å². The Morgan fingerprint density at radius 1 is 1.33 bits per heavy atom. The first-order chi connectivity index (χ1) is 8.79.